The first-order chi connectivity index (χ1) is 14.9. The number of hydrogen-bond acceptors (Lipinski definition) is 7. The van der Waals surface area contributed by atoms with Crippen LogP contribution in [0.1, 0.15) is 32.9 Å². The summed E-state index contributed by atoms with van der Waals surface area (Å²) in [6, 6.07) is 9.98. The van der Waals surface area contributed by atoms with Crippen LogP contribution >= 0.6 is 0 Å². The number of benzene rings is 1. The first-order valence-corrected chi connectivity index (χ1v) is 11.0. The molecule has 0 radical (unpaired) electrons. The second-order valence-corrected chi connectivity index (χ2v) is 8.56. The summed E-state index contributed by atoms with van der Waals surface area (Å²) in [5.74, 6) is 0.436. The molecule has 1 aromatic carbocycles. The van der Waals surface area contributed by atoms with Crippen molar-refractivity contribution in [2.24, 2.45) is 0 Å². The van der Waals surface area contributed by atoms with Crippen molar-refractivity contribution in [1.29, 1.82) is 0 Å². The van der Waals surface area contributed by atoms with Gasteiger partial charge in [-0.3, -0.25) is 9.69 Å². The van der Waals surface area contributed by atoms with Gasteiger partial charge in [-0.1, -0.05) is 6.92 Å². The third-order valence-electron chi connectivity index (χ3n) is 5.69. The summed E-state index contributed by atoms with van der Waals surface area (Å²) >= 11 is 0. The van der Waals surface area contributed by atoms with Crippen LogP contribution in [0.4, 0.5) is 17.3 Å². The number of aromatic nitrogens is 2. The molecule has 0 bridgehead atoms. The molecule has 1 aliphatic heterocycles. The summed E-state index contributed by atoms with van der Waals surface area (Å²) in [7, 11) is 0. The minimum Gasteiger partial charge on any atom is -0.395 e. The summed E-state index contributed by atoms with van der Waals surface area (Å²) in [5, 5.41) is 15.3. The predicted molar refractivity (Wildman–Crippen MR) is 124 cm³/mol. The van der Waals surface area contributed by atoms with Crippen molar-refractivity contribution in [3.8, 4) is 0 Å². The van der Waals surface area contributed by atoms with Crippen molar-refractivity contribution >= 4 is 23.2 Å². The molecule has 168 valence electrons. The Bertz CT molecular complexity index is 847. The number of carbonyl (C=O) groups excluding carboxylic acids is 1. The maximum absolute atomic E-state index is 12.3. The van der Waals surface area contributed by atoms with Gasteiger partial charge in [0, 0.05) is 55.8 Å². The lowest BCUT2D eigenvalue weighted by Crippen LogP contribution is -2.47. The zero-order valence-corrected chi connectivity index (χ0v) is 18.8. The molecule has 0 atom stereocenters. The molecule has 0 unspecified atom stereocenters. The molecule has 1 saturated heterocycles. The minimum atomic E-state index is -0.224. The van der Waals surface area contributed by atoms with Crippen LogP contribution in [-0.2, 0) is 11.2 Å². The number of hydrogen-bond donors (Lipinski definition) is 3. The number of aliphatic hydroxyl groups excluding tert-OH is 1. The van der Waals surface area contributed by atoms with E-state index in [0.29, 0.717) is 11.6 Å². The number of rotatable bonds is 9. The highest BCUT2D eigenvalue weighted by atomic mass is 16.3. The van der Waals surface area contributed by atoms with Gasteiger partial charge in [0.25, 0.3) is 0 Å². The Morgan fingerprint density at radius 1 is 1.13 bits per heavy atom. The zero-order chi connectivity index (χ0) is 22.3. The maximum atomic E-state index is 12.3. The van der Waals surface area contributed by atoms with Gasteiger partial charge in [0.05, 0.1) is 18.7 Å². The SMILES string of the molecule is CCC(C)(C)NC(=O)Cc1ccnc(Nc2ccc(N3CCN(CCO)CC3)cc2)n1. The van der Waals surface area contributed by atoms with Crippen molar-refractivity contribution in [3.63, 3.8) is 0 Å². The topological polar surface area (TPSA) is 93.6 Å². The average molecular weight is 427 g/mol. The van der Waals surface area contributed by atoms with Gasteiger partial charge in [0.15, 0.2) is 0 Å². The Morgan fingerprint density at radius 2 is 1.84 bits per heavy atom. The highest BCUT2D eigenvalue weighted by molar-refractivity contribution is 5.78. The number of aliphatic hydroxyl groups is 1. The van der Waals surface area contributed by atoms with E-state index in [1.54, 1.807) is 12.3 Å². The van der Waals surface area contributed by atoms with E-state index in [9.17, 15) is 4.79 Å². The smallest absolute Gasteiger partial charge is 0.227 e. The summed E-state index contributed by atoms with van der Waals surface area (Å²) < 4.78 is 0. The van der Waals surface area contributed by atoms with E-state index in [1.807, 2.05) is 26.0 Å². The summed E-state index contributed by atoms with van der Waals surface area (Å²) in [6.07, 6.45) is 2.76. The van der Waals surface area contributed by atoms with Crippen LogP contribution in [0.3, 0.4) is 0 Å². The Morgan fingerprint density at radius 3 is 2.48 bits per heavy atom. The molecule has 8 nitrogen and oxygen atoms in total. The average Bonchev–Trinajstić information content (AvgIpc) is 2.75. The third kappa shape index (κ3) is 6.90. The normalized spacial score (nSPS) is 15.0. The number of anilines is 3. The van der Waals surface area contributed by atoms with E-state index in [1.165, 1.54) is 5.69 Å². The Kier molecular flexibility index (Phi) is 7.81. The van der Waals surface area contributed by atoms with E-state index < -0.39 is 0 Å². The van der Waals surface area contributed by atoms with Gasteiger partial charge in [-0.05, 0) is 50.6 Å². The Labute approximate surface area is 184 Å². The standard InChI is InChI=1S/C23H34N6O2/c1-4-23(2,3)27-21(31)17-19-9-10-24-22(26-19)25-18-5-7-20(8-6-18)29-13-11-28(12-14-29)15-16-30/h5-10,30H,4,11-17H2,1-3H3,(H,27,31)(H,24,25,26). The van der Waals surface area contributed by atoms with Crippen LogP contribution in [0.15, 0.2) is 36.5 Å². The van der Waals surface area contributed by atoms with Gasteiger partial charge in [-0.15, -0.1) is 0 Å². The van der Waals surface area contributed by atoms with Crippen LogP contribution in [0, 0.1) is 0 Å². The molecular formula is C23H34N6O2. The first-order valence-electron chi connectivity index (χ1n) is 11.0. The van der Waals surface area contributed by atoms with Crippen molar-refractivity contribution in [1.82, 2.24) is 20.2 Å². The molecule has 2 aromatic rings. The van der Waals surface area contributed by atoms with Crippen LogP contribution < -0.4 is 15.5 Å². The Balaban J connectivity index is 1.56. The highest BCUT2D eigenvalue weighted by Gasteiger charge is 2.19. The third-order valence-corrected chi connectivity index (χ3v) is 5.69. The predicted octanol–water partition coefficient (Wildman–Crippen LogP) is 2.18. The van der Waals surface area contributed by atoms with Crippen LogP contribution in [0.5, 0.6) is 0 Å². The molecule has 0 spiro atoms. The fourth-order valence-electron chi connectivity index (χ4n) is 3.49. The van der Waals surface area contributed by atoms with Gasteiger partial charge < -0.3 is 20.6 Å². The molecule has 31 heavy (non-hydrogen) atoms. The maximum Gasteiger partial charge on any atom is 0.227 e. The largest absolute Gasteiger partial charge is 0.395 e. The van der Waals surface area contributed by atoms with Gasteiger partial charge in [0.1, 0.15) is 0 Å². The minimum absolute atomic E-state index is 0.0417. The number of carbonyl (C=O) groups is 1. The number of β-amino-alcohol motifs (C(OH)–C–C–N with tert-alkyl or cyclic N) is 1. The number of piperazine rings is 1. The molecular weight excluding hydrogens is 392 g/mol. The van der Waals surface area contributed by atoms with E-state index in [4.69, 9.17) is 5.11 Å². The quantitative estimate of drug-likeness (QED) is 0.566. The number of nitrogens with one attached hydrogen (secondary N) is 2. The van der Waals surface area contributed by atoms with Crippen LogP contribution in [-0.4, -0.2) is 70.8 Å². The number of nitrogens with zero attached hydrogens (tertiary/aromatic N) is 4. The molecule has 3 rings (SSSR count). The molecule has 0 aliphatic carbocycles. The van der Waals surface area contributed by atoms with E-state index >= 15 is 0 Å². The van der Waals surface area contributed by atoms with Crippen molar-refractivity contribution in [2.45, 2.75) is 39.2 Å². The molecule has 0 saturated carbocycles. The van der Waals surface area contributed by atoms with Crippen molar-refractivity contribution < 1.29 is 9.90 Å². The lowest BCUT2D eigenvalue weighted by atomic mass is 10.0. The zero-order valence-electron chi connectivity index (χ0n) is 18.8. The first kappa shape index (κ1) is 23.0. The fraction of sp³-hybridized carbons (Fsp3) is 0.522. The van der Waals surface area contributed by atoms with E-state index in [0.717, 1.165) is 44.8 Å². The van der Waals surface area contributed by atoms with Gasteiger partial charge in [-0.2, -0.15) is 0 Å². The second kappa shape index (κ2) is 10.5. The Hall–Kier alpha value is -2.71. The van der Waals surface area contributed by atoms with Crippen LogP contribution in [0.2, 0.25) is 0 Å². The van der Waals surface area contributed by atoms with E-state index in [2.05, 4.69) is 49.5 Å². The fourth-order valence-corrected chi connectivity index (χ4v) is 3.49. The van der Waals surface area contributed by atoms with Gasteiger partial charge in [-0.25, -0.2) is 9.97 Å². The van der Waals surface area contributed by atoms with Gasteiger partial charge >= 0.3 is 0 Å². The molecule has 2 heterocycles. The number of amides is 1. The molecule has 1 aromatic heterocycles. The highest BCUT2D eigenvalue weighted by Crippen LogP contribution is 2.21. The lowest BCUT2D eigenvalue weighted by molar-refractivity contribution is -0.122. The molecule has 1 amide bonds. The second-order valence-electron chi connectivity index (χ2n) is 8.56. The molecule has 1 aliphatic rings. The monoisotopic (exact) mass is 426 g/mol. The molecule has 3 N–H and O–H groups in total. The molecule has 1 fully saturated rings. The lowest BCUT2D eigenvalue weighted by Gasteiger charge is -2.35. The van der Waals surface area contributed by atoms with E-state index in [-0.39, 0.29) is 24.5 Å². The van der Waals surface area contributed by atoms with Crippen molar-refractivity contribution in [3.05, 3.63) is 42.2 Å². The summed E-state index contributed by atoms with van der Waals surface area (Å²) in [5.41, 5.74) is 2.54. The summed E-state index contributed by atoms with van der Waals surface area (Å²) in [4.78, 5) is 25.7. The van der Waals surface area contributed by atoms with Gasteiger partial charge in [0.2, 0.25) is 11.9 Å². The van der Waals surface area contributed by atoms with Crippen molar-refractivity contribution in [2.75, 3.05) is 49.5 Å². The molecule has 8 heteroatoms. The summed E-state index contributed by atoms with van der Waals surface area (Å²) in [6.45, 7) is 10.9. The van der Waals surface area contributed by atoms with Crippen LogP contribution in [0.25, 0.3) is 0 Å².